The number of carbonyl (C=O) groups is 1. The molecule has 0 heterocycles. The van der Waals surface area contributed by atoms with Crippen molar-refractivity contribution in [1.82, 2.24) is 0 Å². The van der Waals surface area contributed by atoms with Gasteiger partial charge in [-0.05, 0) is 29.9 Å². The summed E-state index contributed by atoms with van der Waals surface area (Å²) in [5.74, 6) is 0.313. The number of halogens is 2. The Bertz CT molecular complexity index is 450. The summed E-state index contributed by atoms with van der Waals surface area (Å²) >= 11 is 11.8. The molecule has 1 atom stereocenters. The number of esters is 1. The highest BCUT2D eigenvalue weighted by Gasteiger charge is 2.19. The quantitative estimate of drug-likeness (QED) is 0.553. The van der Waals surface area contributed by atoms with Gasteiger partial charge < -0.3 is 4.74 Å². The second-order valence-corrected chi connectivity index (χ2v) is 6.89. The molecule has 0 bridgehead atoms. The zero-order chi connectivity index (χ0) is 14.6. The molecule has 0 amide bonds. The van der Waals surface area contributed by atoms with E-state index in [1.165, 1.54) is 0 Å². The highest BCUT2D eigenvalue weighted by molar-refractivity contribution is 6.43. The number of ether oxygens (including phenoxy) is 1. The molecule has 0 radical (unpaired) electrons. The first-order valence-electron chi connectivity index (χ1n) is 6.34. The van der Waals surface area contributed by atoms with E-state index in [9.17, 15) is 4.79 Å². The summed E-state index contributed by atoms with van der Waals surface area (Å²) in [7, 11) is 0. The van der Waals surface area contributed by atoms with Gasteiger partial charge in [-0.1, -0.05) is 57.0 Å². The molecule has 4 heteroatoms. The molecule has 0 saturated carbocycles. The third-order valence-corrected chi connectivity index (χ3v) is 3.42. The van der Waals surface area contributed by atoms with E-state index in [4.69, 9.17) is 27.9 Å². The number of carbonyl (C=O) groups excluding carboxylic acids is 1. The number of hydrogen-bond donors (Lipinski definition) is 0. The number of hydrogen-bond acceptors (Lipinski definition) is 2. The van der Waals surface area contributed by atoms with Crippen molar-refractivity contribution >= 4 is 29.2 Å². The van der Waals surface area contributed by atoms with Gasteiger partial charge in [-0.3, -0.25) is 4.79 Å². The molecule has 106 valence electrons. The van der Waals surface area contributed by atoms with Crippen molar-refractivity contribution < 1.29 is 9.53 Å². The van der Waals surface area contributed by atoms with Crippen LogP contribution >= 0.6 is 23.2 Å². The first-order valence-corrected chi connectivity index (χ1v) is 7.09. The summed E-state index contributed by atoms with van der Waals surface area (Å²) in [5, 5.41) is 0.663. The molecular formula is C15H20Cl2O2. The molecule has 1 unspecified atom stereocenters. The molecule has 0 aromatic heterocycles. The molecule has 0 spiro atoms. The van der Waals surface area contributed by atoms with Gasteiger partial charge in [0.05, 0.1) is 5.02 Å². The molecule has 0 saturated heterocycles. The first kappa shape index (κ1) is 16.3. The monoisotopic (exact) mass is 302 g/mol. The van der Waals surface area contributed by atoms with Crippen LogP contribution < -0.4 is 4.74 Å². The summed E-state index contributed by atoms with van der Waals surface area (Å²) < 4.78 is 5.26. The predicted molar refractivity (Wildman–Crippen MR) is 80.0 cm³/mol. The van der Waals surface area contributed by atoms with Crippen molar-refractivity contribution in [3.63, 3.8) is 0 Å². The average Bonchev–Trinajstić information content (AvgIpc) is 2.21. The van der Waals surface area contributed by atoms with Crippen LogP contribution in [0.3, 0.4) is 0 Å². The van der Waals surface area contributed by atoms with Crippen LogP contribution in [0.25, 0.3) is 0 Å². The summed E-state index contributed by atoms with van der Waals surface area (Å²) in [6.07, 6.45) is 1.34. The first-order chi connectivity index (χ1) is 8.69. The fourth-order valence-corrected chi connectivity index (χ4v) is 2.46. The van der Waals surface area contributed by atoms with Crippen LogP contribution in [0.2, 0.25) is 10.0 Å². The van der Waals surface area contributed by atoms with E-state index in [2.05, 4.69) is 20.8 Å². The molecule has 19 heavy (non-hydrogen) atoms. The molecule has 1 rings (SSSR count). The average molecular weight is 303 g/mol. The highest BCUT2D eigenvalue weighted by Crippen LogP contribution is 2.32. The van der Waals surface area contributed by atoms with Gasteiger partial charge in [-0.25, -0.2) is 0 Å². The van der Waals surface area contributed by atoms with Crippen molar-refractivity contribution in [2.24, 2.45) is 11.3 Å². The summed E-state index contributed by atoms with van der Waals surface area (Å²) in [5.41, 5.74) is 0.202. The third-order valence-electron chi connectivity index (χ3n) is 2.62. The molecule has 0 N–H and O–H groups in total. The lowest BCUT2D eigenvalue weighted by Gasteiger charge is -2.22. The standard InChI is InChI=1S/C15H20Cl2O2/c1-10(9-15(2,3)4)8-13(18)19-12-7-5-6-11(16)14(12)17/h5-7,10H,8-9H2,1-4H3. The Morgan fingerprint density at radius 3 is 2.53 bits per heavy atom. The van der Waals surface area contributed by atoms with E-state index in [0.717, 1.165) is 6.42 Å². The van der Waals surface area contributed by atoms with Crippen LogP contribution in [-0.2, 0) is 4.79 Å². The minimum Gasteiger partial charge on any atom is -0.425 e. The van der Waals surface area contributed by atoms with Gasteiger partial charge in [-0.15, -0.1) is 0 Å². The van der Waals surface area contributed by atoms with E-state index in [-0.39, 0.29) is 22.3 Å². The molecular weight excluding hydrogens is 283 g/mol. The topological polar surface area (TPSA) is 26.3 Å². The smallest absolute Gasteiger partial charge is 0.311 e. The maximum atomic E-state index is 11.8. The maximum Gasteiger partial charge on any atom is 0.311 e. The van der Waals surface area contributed by atoms with Gasteiger partial charge >= 0.3 is 5.97 Å². The fourth-order valence-electron chi connectivity index (χ4n) is 2.13. The van der Waals surface area contributed by atoms with Gasteiger partial charge in [-0.2, -0.15) is 0 Å². The van der Waals surface area contributed by atoms with Crippen molar-refractivity contribution in [3.05, 3.63) is 28.2 Å². The van der Waals surface area contributed by atoms with Gasteiger partial charge in [0.2, 0.25) is 0 Å². The molecule has 1 aromatic carbocycles. The van der Waals surface area contributed by atoms with E-state index >= 15 is 0 Å². The Morgan fingerprint density at radius 1 is 1.32 bits per heavy atom. The SMILES string of the molecule is CC(CC(=O)Oc1cccc(Cl)c1Cl)CC(C)(C)C. The van der Waals surface area contributed by atoms with Crippen LogP contribution in [-0.4, -0.2) is 5.97 Å². The fraction of sp³-hybridized carbons (Fsp3) is 0.533. The highest BCUT2D eigenvalue weighted by atomic mass is 35.5. The lowest BCUT2D eigenvalue weighted by Crippen LogP contribution is -2.17. The van der Waals surface area contributed by atoms with Crippen molar-refractivity contribution in [2.75, 3.05) is 0 Å². The summed E-state index contributed by atoms with van der Waals surface area (Å²) in [6, 6.07) is 5.00. The Labute approximate surface area is 125 Å². The lowest BCUT2D eigenvalue weighted by molar-refractivity contribution is -0.135. The van der Waals surface area contributed by atoms with Crippen molar-refractivity contribution in [1.29, 1.82) is 0 Å². The minimum absolute atomic E-state index is 0.202. The molecule has 0 aliphatic rings. The van der Waals surface area contributed by atoms with Crippen LogP contribution in [0.5, 0.6) is 5.75 Å². The van der Waals surface area contributed by atoms with E-state index < -0.39 is 0 Å². The Balaban J connectivity index is 2.58. The van der Waals surface area contributed by atoms with Crippen LogP contribution in [0.1, 0.15) is 40.5 Å². The van der Waals surface area contributed by atoms with Crippen LogP contribution in [0.4, 0.5) is 0 Å². The van der Waals surface area contributed by atoms with Crippen LogP contribution in [0, 0.1) is 11.3 Å². The minimum atomic E-state index is -0.277. The second kappa shape index (κ2) is 6.62. The molecule has 0 aliphatic carbocycles. The number of benzene rings is 1. The van der Waals surface area contributed by atoms with Gasteiger partial charge in [0.25, 0.3) is 0 Å². The normalized spacial score (nSPS) is 13.2. The Morgan fingerprint density at radius 2 is 1.95 bits per heavy atom. The van der Waals surface area contributed by atoms with Crippen LogP contribution in [0.15, 0.2) is 18.2 Å². The molecule has 1 aromatic rings. The van der Waals surface area contributed by atoms with Crippen molar-refractivity contribution in [3.8, 4) is 5.75 Å². The number of rotatable bonds is 4. The largest absolute Gasteiger partial charge is 0.425 e. The second-order valence-electron chi connectivity index (χ2n) is 6.10. The summed E-state index contributed by atoms with van der Waals surface area (Å²) in [6.45, 7) is 8.51. The maximum absolute atomic E-state index is 11.8. The van der Waals surface area contributed by atoms with Gasteiger partial charge in [0, 0.05) is 6.42 Å². The summed E-state index contributed by atoms with van der Waals surface area (Å²) in [4.78, 5) is 11.8. The van der Waals surface area contributed by atoms with E-state index in [1.54, 1.807) is 18.2 Å². The Hall–Kier alpha value is -0.730. The van der Waals surface area contributed by atoms with Gasteiger partial charge in [0.1, 0.15) is 5.02 Å². The van der Waals surface area contributed by atoms with E-state index in [1.807, 2.05) is 6.92 Å². The van der Waals surface area contributed by atoms with Crippen molar-refractivity contribution in [2.45, 2.75) is 40.5 Å². The third kappa shape index (κ3) is 5.84. The zero-order valence-corrected chi connectivity index (χ0v) is 13.3. The predicted octanol–water partition coefficient (Wildman–Crippen LogP) is 5.36. The lowest BCUT2D eigenvalue weighted by atomic mass is 9.84. The molecule has 2 nitrogen and oxygen atoms in total. The molecule has 0 fully saturated rings. The van der Waals surface area contributed by atoms with E-state index in [0.29, 0.717) is 17.2 Å². The molecule has 0 aliphatic heterocycles. The zero-order valence-electron chi connectivity index (χ0n) is 11.8. The van der Waals surface area contributed by atoms with Gasteiger partial charge in [0.15, 0.2) is 5.75 Å². The Kier molecular flexibility index (Phi) is 5.69.